The second-order valence-corrected chi connectivity index (χ2v) is 9.02. The molecule has 1 aliphatic heterocycles. The minimum atomic E-state index is -0.897. The highest BCUT2D eigenvalue weighted by Gasteiger charge is 2.48. The van der Waals surface area contributed by atoms with E-state index in [9.17, 15) is 14.7 Å². The van der Waals surface area contributed by atoms with Crippen molar-refractivity contribution >= 4 is 45.5 Å². The zero-order valence-electron chi connectivity index (χ0n) is 18.4. The first-order chi connectivity index (χ1) is 15.8. The highest BCUT2D eigenvalue weighted by molar-refractivity contribution is 7.16. The van der Waals surface area contributed by atoms with Gasteiger partial charge in [0.25, 0.3) is 5.78 Å². The summed E-state index contributed by atoms with van der Waals surface area (Å²) in [6.07, 6.45) is 0. The van der Waals surface area contributed by atoms with Gasteiger partial charge in [-0.2, -0.15) is 0 Å². The van der Waals surface area contributed by atoms with Crippen molar-refractivity contribution in [2.75, 3.05) is 19.1 Å². The predicted octanol–water partition coefficient (Wildman–Crippen LogP) is 5.06. The second-order valence-electron chi connectivity index (χ2n) is 7.43. The molecule has 0 radical (unpaired) electrons. The Morgan fingerprint density at radius 2 is 1.88 bits per heavy atom. The first kappa shape index (κ1) is 22.8. The molecule has 1 amide bonds. The van der Waals surface area contributed by atoms with E-state index in [2.05, 4.69) is 4.98 Å². The summed E-state index contributed by atoms with van der Waals surface area (Å²) in [5.41, 5.74) is 1.60. The minimum absolute atomic E-state index is 0.0556. The van der Waals surface area contributed by atoms with Gasteiger partial charge in [0.2, 0.25) is 0 Å². The van der Waals surface area contributed by atoms with Crippen LogP contribution in [0.15, 0.2) is 48.0 Å². The van der Waals surface area contributed by atoms with Crippen LogP contribution in [-0.2, 0) is 9.59 Å². The van der Waals surface area contributed by atoms with Crippen LogP contribution < -0.4 is 14.4 Å². The van der Waals surface area contributed by atoms with Crippen LogP contribution in [0.3, 0.4) is 0 Å². The summed E-state index contributed by atoms with van der Waals surface area (Å²) < 4.78 is 10.5. The summed E-state index contributed by atoms with van der Waals surface area (Å²) in [6, 6.07) is 10.8. The van der Waals surface area contributed by atoms with Gasteiger partial charge in [0.05, 0.1) is 36.6 Å². The van der Waals surface area contributed by atoms with Crippen molar-refractivity contribution in [3.05, 3.63) is 74.8 Å². The van der Waals surface area contributed by atoms with Crippen molar-refractivity contribution in [3.8, 4) is 11.5 Å². The monoisotopic (exact) mass is 484 g/mol. The summed E-state index contributed by atoms with van der Waals surface area (Å²) in [6.45, 7) is 3.73. The van der Waals surface area contributed by atoms with Crippen LogP contribution in [0.5, 0.6) is 11.5 Å². The van der Waals surface area contributed by atoms with E-state index in [0.717, 1.165) is 10.6 Å². The molecule has 2 heterocycles. The van der Waals surface area contributed by atoms with Gasteiger partial charge in [-0.05, 0) is 49.7 Å². The maximum absolute atomic E-state index is 13.2. The van der Waals surface area contributed by atoms with E-state index in [-0.39, 0.29) is 21.9 Å². The number of anilines is 1. The Balaban J connectivity index is 1.95. The molecule has 1 fully saturated rings. The number of aromatic nitrogens is 1. The number of halogens is 1. The van der Waals surface area contributed by atoms with E-state index in [4.69, 9.17) is 21.1 Å². The maximum Gasteiger partial charge on any atom is 0.301 e. The standard InChI is InChI=1S/C24H21ClN2O5S/c1-12-13(2)33-24(26-12)27-20(14-6-5-7-16(10-14)31-3)19(22(29)23(27)30)21(28)15-8-9-18(32-4)17(25)11-15/h5-11,20,28H,1-4H3. The molecule has 1 unspecified atom stereocenters. The van der Waals surface area contributed by atoms with Crippen molar-refractivity contribution in [2.45, 2.75) is 19.9 Å². The molecule has 1 atom stereocenters. The third kappa shape index (κ3) is 3.96. The molecule has 33 heavy (non-hydrogen) atoms. The van der Waals surface area contributed by atoms with Crippen LogP contribution in [0.1, 0.15) is 27.7 Å². The maximum atomic E-state index is 13.2. The Morgan fingerprint density at radius 1 is 1.12 bits per heavy atom. The van der Waals surface area contributed by atoms with Crippen molar-refractivity contribution in [2.24, 2.45) is 0 Å². The summed E-state index contributed by atoms with van der Waals surface area (Å²) in [4.78, 5) is 33.2. The molecule has 1 N–H and O–H groups in total. The first-order valence-electron chi connectivity index (χ1n) is 9.99. The molecule has 0 bridgehead atoms. The number of Topliss-reactive ketones (excluding diaryl/α,β-unsaturated/α-hetero) is 1. The normalized spacial score (nSPS) is 17.5. The summed E-state index contributed by atoms with van der Waals surface area (Å²) in [5.74, 6) is -0.933. The minimum Gasteiger partial charge on any atom is -0.507 e. The molecule has 0 saturated carbocycles. The van der Waals surface area contributed by atoms with Gasteiger partial charge in [-0.3, -0.25) is 14.5 Å². The summed E-state index contributed by atoms with van der Waals surface area (Å²) in [5, 5.41) is 11.9. The average molecular weight is 485 g/mol. The number of aliphatic hydroxyl groups excluding tert-OH is 1. The number of rotatable bonds is 5. The van der Waals surface area contributed by atoms with Crippen LogP contribution >= 0.6 is 22.9 Å². The fraction of sp³-hybridized carbons (Fsp3) is 0.208. The number of aliphatic hydroxyl groups is 1. The lowest BCUT2D eigenvalue weighted by Gasteiger charge is -2.23. The topological polar surface area (TPSA) is 89.0 Å². The van der Waals surface area contributed by atoms with Crippen molar-refractivity contribution in [3.63, 3.8) is 0 Å². The number of ether oxygens (including phenoxy) is 2. The molecular weight excluding hydrogens is 464 g/mol. The van der Waals surface area contributed by atoms with Crippen LogP contribution in [0.4, 0.5) is 5.13 Å². The van der Waals surface area contributed by atoms with Gasteiger partial charge < -0.3 is 14.6 Å². The Bertz CT molecular complexity index is 1280. The fourth-order valence-electron chi connectivity index (χ4n) is 3.68. The van der Waals surface area contributed by atoms with E-state index in [0.29, 0.717) is 22.2 Å². The molecule has 3 aromatic rings. The number of carbonyl (C=O) groups excluding carboxylic acids is 2. The molecule has 7 nitrogen and oxygen atoms in total. The number of amides is 1. The van der Waals surface area contributed by atoms with Crippen LogP contribution in [0.25, 0.3) is 5.76 Å². The van der Waals surface area contributed by atoms with Crippen molar-refractivity contribution < 1.29 is 24.2 Å². The summed E-state index contributed by atoms with van der Waals surface area (Å²) in [7, 11) is 3.01. The number of nitrogens with zero attached hydrogens (tertiary/aromatic N) is 2. The van der Waals surface area contributed by atoms with Gasteiger partial charge >= 0.3 is 5.91 Å². The fourth-order valence-corrected chi connectivity index (χ4v) is 4.88. The zero-order valence-corrected chi connectivity index (χ0v) is 20.0. The molecular formula is C24H21ClN2O5S. The quantitative estimate of drug-likeness (QED) is 0.309. The van der Waals surface area contributed by atoms with Gasteiger partial charge in [0, 0.05) is 10.4 Å². The van der Waals surface area contributed by atoms with Crippen LogP contribution in [-0.4, -0.2) is 36.0 Å². The lowest BCUT2D eigenvalue weighted by Crippen LogP contribution is -2.29. The molecule has 9 heteroatoms. The van der Waals surface area contributed by atoms with Gasteiger partial charge in [-0.15, -0.1) is 11.3 Å². The molecule has 1 saturated heterocycles. The SMILES string of the molecule is COc1cccc(C2C(=C(O)c3ccc(OC)c(Cl)c3)C(=O)C(=O)N2c2nc(C)c(C)s2)c1. The number of hydrogen-bond donors (Lipinski definition) is 1. The highest BCUT2D eigenvalue weighted by atomic mass is 35.5. The van der Waals surface area contributed by atoms with Gasteiger partial charge in [-0.1, -0.05) is 23.7 Å². The number of methoxy groups -OCH3 is 2. The van der Waals surface area contributed by atoms with Gasteiger partial charge in [0.15, 0.2) is 5.13 Å². The third-order valence-electron chi connectivity index (χ3n) is 5.50. The Labute approximate surface area is 199 Å². The Morgan fingerprint density at radius 3 is 2.48 bits per heavy atom. The Hall–Kier alpha value is -3.36. The van der Waals surface area contributed by atoms with Crippen molar-refractivity contribution in [1.29, 1.82) is 0 Å². The molecule has 4 rings (SSSR count). The molecule has 1 aliphatic rings. The molecule has 170 valence electrons. The van der Waals surface area contributed by atoms with E-state index >= 15 is 0 Å². The van der Waals surface area contributed by atoms with E-state index in [1.807, 2.05) is 13.8 Å². The lowest BCUT2D eigenvalue weighted by atomic mass is 9.95. The van der Waals surface area contributed by atoms with Gasteiger partial charge in [-0.25, -0.2) is 4.98 Å². The molecule has 2 aromatic carbocycles. The smallest absolute Gasteiger partial charge is 0.301 e. The largest absolute Gasteiger partial charge is 0.507 e. The number of hydrogen-bond acceptors (Lipinski definition) is 7. The first-order valence-corrected chi connectivity index (χ1v) is 11.2. The third-order valence-corrected chi connectivity index (χ3v) is 6.87. The lowest BCUT2D eigenvalue weighted by molar-refractivity contribution is -0.132. The number of carbonyl (C=O) groups is 2. The zero-order chi connectivity index (χ0) is 23.9. The van der Waals surface area contributed by atoms with E-state index < -0.39 is 17.7 Å². The van der Waals surface area contributed by atoms with Crippen molar-refractivity contribution in [1.82, 2.24) is 4.98 Å². The molecule has 0 spiro atoms. The second kappa shape index (κ2) is 8.88. The van der Waals surface area contributed by atoms with Crippen LogP contribution in [0, 0.1) is 13.8 Å². The predicted molar refractivity (Wildman–Crippen MR) is 127 cm³/mol. The van der Waals surface area contributed by atoms with Crippen LogP contribution in [0.2, 0.25) is 5.02 Å². The number of benzene rings is 2. The summed E-state index contributed by atoms with van der Waals surface area (Å²) >= 11 is 7.55. The molecule has 0 aliphatic carbocycles. The number of ketones is 1. The number of thiazole rings is 1. The average Bonchev–Trinajstić information content (AvgIpc) is 3.28. The number of aryl methyl sites for hydroxylation is 2. The van der Waals surface area contributed by atoms with E-state index in [1.54, 1.807) is 36.4 Å². The van der Waals surface area contributed by atoms with E-state index in [1.165, 1.54) is 36.5 Å². The molecule has 1 aromatic heterocycles. The highest BCUT2D eigenvalue weighted by Crippen LogP contribution is 2.44. The Kier molecular flexibility index (Phi) is 6.14. The van der Waals surface area contributed by atoms with Gasteiger partial charge in [0.1, 0.15) is 17.3 Å².